The number of rotatable bonds is 5. The standard InChI is InChI=1S/C12H19N3OS/c1-4-9(2)7-14(3)11-10(8-16)15-5-6-17-12(15)13-11/h5-6,9,16H,4,7-8H2,1-3H3. The van der Waals surface area contributed by atoms with E-state index in [2.05, 4.69) is 23.7 Å². The van der Waals surface area contributed by atoms with Gasteiger partial charge in [-0.1, -0.05) is 20.3 Å². The van der Waals surface area contributed by atoms with Crippen molar-refractivity contribution < 1.29 is 5.11 Å². The molecule has 0 aliphatic carbocycles. The number of anilines is 1. The predicted octanol–water partition coefficient (Wildman–Crippen LogP) is 2.37. The number of aromatic nitrogens is 2. The van der Waals surface area contributed by atoms with Crippen molar-refractivity contribution in [3.05, 3.63) is 17.3 Å². The zero-order valence-corrected chi connectivity index (χ0v) is 11.4. The molecule has 1 atom stereocenters. The third-order valence-corrected chi connectivity index (χ3v) is 3.89. The maximum absolute atomic E-state index is 9.48. The van der Waals surface area contributed by atoms with Gasteiger partial charge >= 0.3 is 0 Å². The van der Waals surface area contributed by atoms with Crippen molar-refractivity contribution >= 4 is 22.1 Å². The number of imidazole rings is 1. The molecule has 94 valence electrons. The summed E-state index contributed by atoms with van der Waals surface area (Å²) in [6.07, 6.45) is 3.11. The topological polar surface area (TPSA) is 40.8 Å². The number of aliphatic hydroxyl groups is 1. The Morgan fingerprint density at radius 2 is 2.35 bits per heavy atom. The number of hydrogen-bond acceptors (Lipinski definition) is 4. The molecule has 2 rings (SSSR count). The van der Waals surface area contributed by atoms with Gasteiger partial charge in [0.15, 0.2) is 10.8 Å². The molecule has 2 aromatic heterocycles. The first-order valence-corrected chi connectivity index (χ1v) is 6.81. The molecular weight excluding hydrogens is 234 g/mol. The minimum atomic E-state index is 0.0259. The van der Waals surface area contributed by atoms with E-state index in [0.717, 1.165) is 29.4 Å². The van der Waals surface area contributed by atoms with Crippen molar-refractivity contribution in [3.8, 4) is 0 Å². The Labute approximate surface area is 106 Å². The Morgan fingerprint density at radius 1 is 1.59 bits per heavy atom. The van der Waals surface area contributed by atoms with E-state index in [9.17, 15) is 5.11 Å². The SMILES string of the molecule is CCC(C)CN(C)c1nc2sccn2c1CO. The molecular formula is C12H19N3OS. The van der Waals surface area contributed by atoms with Gasteiger partial charge in [-0.05, 0) is 5.92 Å². The molecule has 0 amide bonds. The lowest BCUT2D eigenvalue weighted by Crippen LogP contribution is -2.25. The van der Waals surface area contributed by atoms with E-state index in [-0.39, 0.29) is 6.61 Å². The molecule has 0 aromatic carbocycles. The van der Waals surface area contributed by atoms with Crippen LogP contribution < -0.4 is 4.90 Å². The molecule has 0 saturated carbocycles. The van der Waals surface area contributed by atoms with Crippen LogP contribution >= 0.6 is 11.3 Å². The summed E-state index contributed by atoms with van der Waals surface area (Å²) in [5.74, 6) is 1.53. The number of aliphatic hydroxyl groups excluding tert-OH is 1. The van der Waals surface area contributed by atoms with Gasteiger partial charge in [-0.3, -0.25) is 4.40 Å². The summed E-state index contributed by atoms with van der Waals surface area (Å²) < 4.78 is 1.97. The van der Waals surface area contributed by atoms with E-state index in [1.54, 1.807) is 11.3 Å². The zero-order valence-electron chi connectivity index (χ0n) is 10.6. The maximum Gasteiger partial charge on any atom is 0.195 e. The second kappa shape index (κ2) is 5.06. The van der Waals surface area contributed by atoms with Gasteiger partial charge < -0.3 is 10.0 Å². The second-order valence-electron chi connectivity index (χ2n) is 4.49. The minimum absolute atomic E-state index is 0.0259. The largest absolute Gasteiger partial charge is 0.390 e. The predicted molar refractivity (Wildman–Crippen MR) is 71.7 cm³/mol. The van der Waals surface area contributed by atoms with Crippen molar-refractivity contribution in [1.29, 1.82) is 0 Å². The Bertz CT molecular complexity index is 491. The molecule has 1 N–H and O–H groups in total. The van der Waals surface area contributed by atoms with Crippen LogP contribution in [0.5, 0.6) is 0 Å². The lowest BCUT2D eigenvalue weighted by atomic mass is 10.1. The summed E-state index contributed by atoms with van der Waals surface area (Å²) in [4.78, 5) is 7.66. The van der Waals surface area contributed by atoms with Crippen molar-refractivity contribution in [3.63, 3.8) is 0 Å². The van der Waals surface area contributed by atoms with E-state index in [0.29, 0.717) is 5.92 Å². The van der Waals surface area contributed by atoms with Crippen LogP contribution in [0.2, 0.25) is 0 Å². The van der Waals surface area contributed by atoms with E-state index in [1.165, 1.54) is 0 Å². The molecule has 0 saturated heterocycles. The van der Waals surface area contributed by atoms with Crippen molar-refractivity contribution in [2.45, 2.75) is 26.9 Å². The summed E-state index contributed by atoms with van der Waals surface area (Å²) in [5, 5.41) is 11.5. The number of nitrogens with zero attached hydrogens (tertiary/aromatic N) is 3. The molecule has 0 bridgehead atoms. The molecule has 17 heavy (non-hydrogen) atoms. The van der Waals surface area contributed by atoms with Crippen molar-refractivity contribution in [2.24, 2.45) is 5.92 Å². The van der Waals surface area contributed by atoms with Gasteiger partial charge in [0.25, 0.3) is 0 Å². The van der Waals surface area contributed by atoms with Crippen LogP contribution in [0, 0.1) is 5.92 Å². The van der Waals surface area contributed by atoms with Crippen LogP contribution in [0.4, 0.5) is 5.82 Å². The summed E-state index contributed by atoms with van der Waals surface area (Å²) in [7, 11) is 2.04. The molecule has 1 unspecified atom stereocenters. The van der Waals surface area contributed by atoms with Gasteiger partial charge in [0.2, 0.25) is 0 Å². The van der Waals surface area contributed by atoms with Crippen molar-refractivity contribution in [2.75, 3.05) is 18.5 Å². The van der Waals surface area contributed by atoms with Gasteiger partial charge in [-0.25, -0.2) is 4.98 Å². The highest BCUT2D eigenvalue weighted by molar-refractivity contribution is 7.15. The van der Waals surface area contributed by atoms with Crippen LogP contribution in [0.25, 0.3) is 4.96 Å². The molecule has 0 fully saturated rings. The maximum atomic E-state index is 9.48. The van der Waals surface area contributed by atoms with Crippen LogP contribution in [-0.4, -0.2) is 28.1 Å². The van der Waals surface area contributed by atoms with Gasteiger partial charge in [0.1, 0.15) is 0 Å². The van der Waals surface area contributed by atoms with Crippen LogP contribution in [0.15, 0.2) is 11.6 Å². The number of fused-ring (bicyclic) bond motifs is 1. The molecule has 5 heteroatoms. The fraction of sp³-hybridized carbons (Fsp3) is 0.583. The summed E-state index contributed by atoms with van der Waals surface area (Å²) in [5.41, 5.74) is 0.882. The van der Waals surface area contributed by atoms with E-state index < -0.39 is 0 Å². The first-order valence-electron chi connectivity index (χ1n) is 5.93. The second-order valence-corrected chi connectivity index (χ2v) is 5.36. The summed E-state index contributed by atoms with van der Waals surface area (Å²) in [6.45, 7) is 5.41. The Balaban J connectivity index is 2.30. The van der Waals surface area contributed by atoms with E-state index in [1.807, 2.05) is 23.0 Å². The molecule has 0 aliphatic heterocycles. The van der Waals surface area contributed by atoms with Gasteiger partial charge in [-0.15, -0.1) is 11.3 Å². The lowest BCUT2D eigenvalue weighted by Gasteiger charge is -2.21. The monoisotopic (exact) mass is 253 g/mol. The Morgan fingerprint density at radius 3 is 3.00 bits per heavy atom. The number of thiazole rings is 1. The average molecular weight is 253 g/mol. The fourth-order valence-electron chi connectivity index (χ4n) is 1.96. The molecule has 0 radical (unpaired) electrons. The van der Waals surface area contributed by atoms with Crippen molar-refractivity contribution in [1.82, 2.24) is 9.38 Å². The molecule has 4 nitrogen and oxygen atoms in total. The highest BCUT2D eigenvalue weighted by Crippen LogP contribution is 2.24. The lowest BCUT2D eigenvalue weighted by molar-refractivity contribution is 0.276. The molecule has 2 heterocycles. The Hall–Kier alpha value is -1.07. The smallest absolute Gasteiger partial charge is 0.195 e. The minimum Gasteiger partial charge on any atom is -0.390 e. The molecule has 0 aliphatic rings. The molecule has 2 aromatic rings. The Kier molecular flexibility index (Phi) is 3.69. The first kappa shape index (κ1) is 12.4. The normalized spacial score (nSPS) is 13.2. The van der Waals surface area contributed by atoms with Crippen LogP contribution in [-0.2, 0) is 6.61 Å². The zero-order chi connectivity index (χ0) is 12.4. The first-order chi connectivity index (χ1) is 8.17. The van der Waals surface area contributed by atoms with Gasteiger partial charge in [-0.2, -0.15) is 0 Å². The highest BCUT2D eigenvalue weighted by atomic mass is 32.1. The average Bonchev–Trinajstić information content (AvgIpc) is 2.87. The third-order valence-electron chi connectivity index (χ3n) is 3.13. The fourth-order valence-corrected chi connectivity index (χ4v) is 2.68. The van der Waals surface area contributed by atoms with Gasteiger partial charge in [0.05, 0.1) is 12.3 Å². The summed E-state index contributed by atoms with van der Waals surface area (Å²) >= 11 is 1.59. The number of hydrogen-bond donors (Lipinski definition) is 1. The summed E-state index contributed by atoms with van der Waals surface area (Å²) in [6, 6.07) is 0. The van der Waals surface area contributed by atoms with E-state index >= 15 is 0 Å². The van der Waals surface area contributed by atoms with Crippen LogP contribution in [0.3, 0.4) is 0 Å². The quantitative estimate of drug-likeness (QED) is 0.889. The molecule has 0 spiro atoms. The highest BCUT2D eigenvalue weighted by Gasteiger charge is 2.16. The van der Waals surface area contributed by atoms with E-state index in [4.69, 9.17) is 0 Å². The van der Waals surface area contributed by atoms with Crippen LogP contribution in [0.1, 0.15) is 26.0 Å². The third kappa shape index (κ3) is 2.30. The van der Waals surface area contributed by atoms with Gasteiger partial charge in [0, 0.05) is 25.2 Å².